The SMILES string of the molecule is Nc1ccc(F)cc1NC(=O)C1Cc2ccccc2C1. The van der Waals surface area contributed by atoms with E-state index in [2.05, 4.69) is 5.32 Å². The van der Waals surface area contributed by atoms with Gasteiger partial charge in [0.25, 0.3) is 0 Å². The first-order valence-corrected chi connectivity index (χ1v) is 6.56. The van der Waals surface area contributed by atoms with E-state index in [9.17, 15) is 9.18 Å². The highest BCUT2D eigenvalue weighted by molar-refractivity contribution is 5.96. The summed E-state index contributed by atoms with van der Waals surface area (Å²) >= 11 is 0. The van der Waals surface area contributed by atoms with E-state index in [1.54, 1.807) is 0 Å². The summed E-state index contributed by atoms with van der Waals surface area (Å²) in [5.74, 6) is -0.641. The molecule has 2 aromatic carbocycles. The van der Waals surface area contributed by atoms with Crippen molar-refractivity contribution in [3.63, 3.8) is 0 Å². The summed E-state index contributed by atoms with van der Waals surface area (Å²) in [7, 11) is 0. The minimum atomic E-state index is -0.413. The van der Waals surface area contributed by atoms with Gasteiger partial charge in [0, 0.05) is 5.92 Å². The van der Waals surface area contributed by atoms with Gasteiger partial charge >= 0.3 is 0 Å². The molecule has 1 amide bonds. The van der Waals surface area contributed by atoms with Crippen molar-refractivity contribution < 1.29 is 9.18 Å². The van der Waals surface area contributed by atoms with Crippen LogP contribution in [0.2, 0.25) is 0 Å². The Morgan fingerprint density at radius 1 is 1.15 bits per heavy atom. The van der Waals surface area contributed by atoms with E-state index in [-0.39, 0.29) is 11.8 Å². The molecule has 0 spiro atoms. The van der Waals surface area contributed by atoms with Gasteiger partial charge < -0.3 is 11.1 Å². The number of anilines is 2. The molecule has 0 unspecified atom stereocenters. The van der Waals surface area contributed by atoms with Crippen molar-refractivity contribution >= 4 is 17.3 Å². The fourth-order valence-electron chi connectivity index (χ4n) is 2.62. The summed E-state index contributed by atoms with van der Waals surface area (Å²) in [6.45, 7) is 0. The van der Waals surface area contributed by atoms with Crippen molar-refractivity contribution in [1.82, 2.24) is 0 Å². The molecule has 0 bridgehead atoms. The van der Waals surface area contributed by atoms with Gasteiger partial charge in [-0.25, -0.2) is 4.39 Å². The molecule has 0 fully saturated rings. The summed E-state index contributed by atoms with van der Waals surface area (Å²) in [6.07, 6.45) is 1.44. The molecular formula is C16H15FN2O. The van der Waals surface area contributed by atoms with Crippen LogP contribution in [0.3, 0.4) is 0 Å². The molecule has 3 N–H and O–H groups in total. The highest BCUT2D eigenvalue weighted by atomic mass is 19.1. The second-order valence-corrected chi connectivity index (χ2v) is 5.09. The zero-order chi connectivity index (χ0) is 14.1. The maximum atomic E-state index is 13.2. The Morgan fingerprint density at radius 2 is 1.80 bits per heavy atom. The molecule has 0 heterocycles. The third kappa shape index (κ3) is 2.37. The quantitative estimate of drug-likeness (QED) is 0.824. The van der Waals surface area contributed by atoms with Gasteiger partial charge in [0.15, 0.2) is 0 Å². The number of halogens is 1. The minimum absolute atomic E-state index is 0.113. The predicted octanol–water partition coefficient (Wildman–Crippen LogP) is 2.76. The Hall–Kier alpha value is -2.36. The number of nitrogens with one attached hydrogen (secondary N) is 1. The lowest BCUT2D eigenvalue weighted by Crippen LogP contribution is -2.23. The molecule has 0 radical (unpaired) electrons. The van der Waals surface area contributed by atoms with Crippen LogP contribution in [0.4, 0.5) is 15.8 Å². The number of nitrogen functional groups attached to an aromatic ring is 1. The van der Waals surface area contributed by atoms with E-state index in [1.807, 2.05) is 24.3 Å². The second-order valence-electron chi connectivity index (χ2n) is 5.09. The summed E-state index contributed by atoms with van der Waals surface area (Å²) in [5.41, 5.74) is 8.87. The molecule has 1 aliphatic carbocycles. The molecule has 3 rings (SSSR count). The summed E-state index contributed by atoms with van der Waals surface area (Å²) in [4.78, 5) is 12.3. The average Bonchev–Trinajstić information content (AvgIpc) is 2.87. The van der Waals surface area contributed by atoms with Crippen LogP contribution in [0.25, 0.3) is 0 Å². The molecule has 4 heteroatoms. The van der Waals surface area contributed by atoms with Crippen molar-refractivity contribution in [2.24, 2.45) is 5.92 Å². The Balaban J connectivity index is 1.74. The largest absolute Gasteiger partial charge is 0.397 e. The zero-order valence-corrected chi connectivity index (χ0v) is 10.9. The molecule has 0 saturated heterocycles. The smallest absolute Gasteiger partial charge is 0.228 e. The standard InChI is InChI=1S/C16H15FN2O/c17-13-5-6-14(18)15(9-13)19-16(20)12-7-10-3-1-2-4-11(10)8-12/h1-6,9,12H,7-8,18H2,(H,19,20). The summed E-state index contributed by atoms with van der Waals surface area (Å²) in [5, 5.41) is 2.72. The average molecular weight is 270 g/mol. The lowest BCUT2D eigenvalue weighted by Gasteiger charge is -2.12. The van der Waals surface area contributed by atoms with E-state index in [1.165, 1.54) is 29.3 Å². The van der Waals surface area contributed by atoms with Crippen molar-refractivity contribution in [2.75, 3.05) is 11.1 Å². The van der Waals surface area contributed by atoms with Crippen molar-refractivity contribution in [1.29, 1.82) is 0 Å². The molecular weight excluding hydrogens is 255 g/mol. The second kappa shape index (κ2) is 4.96. The molecule has 1 aliphatic rings. The number of fused-ring (bicyclic) bond motifs is 1. The predicted molar refractivity (Wildman–Crippen MR) is 76.8 cm³/mol. The summed E-state index contributed by atoms with van der Waals surface area (Å²) in [6, 6.07) is 12.0. The van der Waals surface area contributed by atoms with Crippen LogP contribution >= 0.6 is 0 Å². The van der Waals surface area contributed by atoms with Gasteiger partial charge in [-0.05, 0) is 42.2 Å². The maximum Gasteiger partial charge on any atom is 0.228 e. The Kier molecular flexibility index (Phi) is 3.14. The van der Waals surface area contributed by atoms with Gasteiger partial charge in [0.2, 0.25) is 5.91 Å². The number of amides is 1. The van der Waals surface area contributed by atoms with E-state index >= 15 is 0 Å². The topological polar surface area (TPSA) is 55.1 Å². The highest BCUT2D eigenvalue weighted by Gasteiger charge is 2.27. The van der Waals surface area contributed by atoms with Crippen LogP contribution < -0.4 is 11.1 Å². The first-order valence-electron chi connectivity index (χ1n) is 6.56. The van der Waals surface area contributed by atoms with E-state index in [4.69, 9.17) is 5.73 Å². The number of benzene rings is 2. The Labute approximate surface area is 116 Å². The Morgan fingerprint density at radius 3 is 2.45 bits per heavy atom. The van der Waals surface area contributed by atoms with Crippen LogP contribution in [0.5, 0.6) is 0 Å². The molecule has 0 aromatic heterocycles. The normalized spacial score (nSPS) is 14.1. The molecule has 0 aliphatic heterocycles. The lowest BCUT2D eigenvalue weighted by molar-refractivity contribution is -0.119. The molecule has 0 atom stereocenters. The number of carbonyl (C=O) groups is 1. The number of hydrogen-bond acceptors (Lipinski definition) is 2. The number of rotatable bonds is 2. The maximum absolute atomic E-state index is 13.2. The molecule has 20 heavy (non-hydrogen) atoms. The molecule has 0 saturated carbocycles. The highest BCUT2D eigenvalue weighted by Crippen LogP contribution is 2.28. The monoisotopic (exact) mass is 270 g/mol. The van der Waals surface area contributed by atoms with E-state index in [0.29, 0.717) is 11.4 Å². The van der Waals surface area contributed by atoms with E-state index < -0.39 is 5.82 Å². The van der Waals surface area contributed by atoms with Gasteiger partial charge in [-0.2, -0.15) is 0 Å². The molecule has 102 valence electrons. The van der Waals surface area contributed by atoms with Crippen LogP contribution in [0.1, 0.15) is 11.1 Å². The van der Waals surface area contributed by atoms with Crippen molar-refractivity contribution in [3.8, 4) is 0 Å². The number of carbonyl (C=O) groups excluding carboxylic acids is 1. The third-order valence-corrected chi connectivity index (χ3v) is 3.70. The van der Waals surface area contributed by atoms with Crippen LogP contribution in [-0.4, -0.2) is 5.91 Å². The third-order valence-electron chi connectivity index (χ3n) is 3.70. The van der Waals surface area contributed by atoms with Crippen LogP contribution in [0, 0.1) is 11.7 Å². The molecule has 3 nitrogen and oxygen atoms in total. The van der Waals surface area contributed by atoms with Gasteiger partial charge in [-0.15, -0.1) is 0 Å². The van der Waals surface area contributed by atoms with Crippen molar-refractivity contribution in [2.45, 2.75) is 12.8 Å². The van der Waals surface area contributed by atoms with Gasteiger partial charge in [0.05, 0.1) is 11.4 Å². The van der Waals surface area contributed by atoms with Gasteiger partial charge in [-0.1, -0.05) is 24.3 Å². The van der Waals surface area contributed by atoms with Gasteiger partial charge in [-0.3, -0.25) is 4.79 Å². The minimum Gasteiger partial charge on any atom is -0.397 e. The van der Waals surface area contributed by atoms with Crippen LogP contribution in [0.15, 0.2) is 42.5 Å². The fraction of sp³-hybridized carbons (Fsp3) is 0.188. The summed E-state index contributed by atoms with van der Waals surface area (Å²) < 4.78 is 13.2. The zero-order valence-electron chi connectivity index (χ0n) is 10.9. The number of nitrogens with two attached hydrogens (primary N) is 1. The van der Waals surface area contributed by atoms with Crippen molar-refractivity contribution in [3.05, 3.63) is 59.4 Å². The van der Waals surface area contributed by atoms with Gasteiger partial charge in [0.1, 0.15) is 5.82 Å². The first-order chi connectivity index (χ1) is 9.63. The first kappa shape index (κ1) is 12.7. The Bertz CT molecular complexity index is 644. The fourth-order valence-corrected chi connectivity index (χ4v) is 2.62. The number of hydrogen-bond donors (Lipinski definition) is 2. The molecule has 2 aromatic rings. The lowest BCUT2D eigenvalue weighted by atomic mass is 10.1. The van der Waals surface area contributed by atoms with Crippen LogP contribution in [-0.2, 0) is 17.6 Å². The van der Waals surface area contributed by atoms with E-state index in [0.717, 1.165) is 12.8 Å².